The predicted molar refractivity (Wildman–Crippen MR) is 118 cm³/mol. The molecule has 3 rings (SSSR count). The minimum atomic E-state index is -1.16. The van der Waals surface area contributed by atoms with E-state index >= 15 is 0 Å². The molecule has 0 saturated carbocycles. The average molecular weight is 450 g/mol. The zero-order valence-corrected chi connectivity index (χ0v) is 18.5. The van der Waals surface area contributed by atoms with Gasteiger partial charge in [-0.25, -0.2) is 18.3 Å². The zero-order chi connectivity index (χ0) is 21.9. The highest BCUT2D eigenvalue weighted by Crippen LogP contribution is 2.44. The number of aliphatic hydroxyl groups is 1. The Kier molecular flexibility index (Phi) is 6.97. The number of halogens is 2. The molecule has 5 nitrogen and oxygen atoms in total. The Morgan fingerprint density at radius 3 is 2.50 bits per heavy atom. The van der Waals surface area contributed by atoms with Gasteiger partial charge in [0.2, 0.25) is 5.03 Å². The maximum absolute atomic E-state index is 13.8. The largest absolute Gasteiger partial charge is 0.376 e. The Morgan fingerprint density at radius 1 is 1.23 bits per heavy atom. The summed E-state index contributed by atoms with van der Waals surface area (Å²) in [5.74, 6) is -1.32. The van der Waals surface area contributed by atoms with Crippen molar-refractivity contribution in [3.63, 3.8) is 0 Å². The lowest BCUT2D eigenvalue weighted by Gasteiger charge is -2.36. The van der Waals surface area contributed by atoms with E-state index in [0.29, 0.717) is 9.92 Å². The highest BCUT2D eigenvalue weighted by atomic mass is 32.2. The fourth-order valence-electron chi connectivity index (χ4n) is 3.19. The lowest BCUT2D eigenvalue weighted by molar-refractivity contribution is -0.840. The van der Waals surface area contributed by atoms with Crippen molar-refractivity contribution in [1.29, 1.82) is 0 Å². The predicted octanol–water partition coefficient (Wildman–Crippen LogP) is 4.20. The Bertz CT molecular complexity index is 978. The van der Waals surface area contributed by atoms with Gasteiger partial charge in [-0.1, -0.05) is 32.1 Å². The number of hydrogen-bond acceptors (Lipinski definition) is 5. The molecule has 2 unspecified atom stereocenters. The van der Waals surface area contributed by atoms with Crippen LogP contribution in [0.2, 0.25) is 0 Å². The van der Waals surface area contributed by atoms with E-state index < -0.39 is 17.9 Å². The van der Waals surface area contributed by atoms with Crippen molar-refractivity contribution in [3.05, 3.63) is 70.6 Å². The van der Waals surface area contributed by atoms with E-state index in [1.54, 1.807) is 25.6 Å². The number of allylic oxidation sites excluding steroid dienone is 1. The summed E-state index contributed by atoms with van der Waals surface area (Å²) in [6.45, 7) is 4.22. The number of nitrogens with one attached hydrogen (secondary N) is 1. The van der Waals surface area contributed by atoms with Crippen LogP contribution in [0.4, 0.5) is 8.78 Å². The Hall–Kier alpha value is -2.20. The Morgan fingerprint density at radius 2 is 1.93 bits per heavy atom. The quantitative estimate of drug-likeness (QED) is 0.490. The second-order valence-corrected chi connectivity index (χ2v) is 8.70. The number of quaternary nitrogens is 1. The van der Waals surface area contributed by atoms with Gasteiger partial charge in [0, 0.05) is 30.1 Å². The van der Waals surface area contributed by atoms with Gasteiger partial charge in [-0.3, -0.25) is 4.98 Å². The highest BCUT2D eigenvalue weighted by molar-refractivity contribution is 8.02. The second kappa shape index (κ2) is 9.30. The maximum atomic E-state index is 13.8. The molecule has 0 spiro atoms. The van der Waals surface area contributed by atoms with Crippen molar-refractivity contribution in [2.24, 2.45) is 10.9 Å². The lowest BCUT2D eigenvalue weighted by Crippen LogP contribution is -2.56. The smallest absolute Gasteiger partial charge is 0.254 e. The number of rotatable bonds is 7. The third-order valence-electron chi connectivity index (χ3n) is 4.66. The van der Waals surface area contributed by atoms with Crippen molar-refractivity contribution in [1.82, 2.24) is 10.3 Å². The summed E-state index contributed by atoms with van der Waals surface area (Å²) >= 11 is 6.53. The number of aliphatic imine (C=N–C) groups is 1. The average Bonchev–Trinajstić information content (AvgIpc) is 3.06. The molecule has 0 bridgehead atoms. The number of thioether (sulfide) groups is 1. The first-order chi connectivity index (χ1) is 14.3. The van der Waals surface area contributed by atoms with Crippen LogP contribution in [0.3, 0.4) is 0 Å². The van der Waals surface area contributed by atoms with Crippen molar-refractivity contribution in [2.45, 2.75) is 31.5 Å². The minimum Gasteiger partial charge on any atom is -0.376 e. The number of benzene rings is 1. The van der Waals surface area contributed by atoms with E-state index in [1.165, 1.54) is 23.9 Å². The first-order valence-corrected chi connectivity index (χ1v) is 10.6. The topological polar surface area (TPSA) is 57.5 Å². The number of likely N-dealkylation sites (N-methyl/N-ethyl adjacent to an activating group) is 1. The molecule has 1 aliphatic rings. The van der Waals surface area contributed by atoms with E-state index in [1.807, 2.05) is 26.0 Å². The molecular weight excluding hydrogens is 426 g/mol. The zero-order valence-electron chi connectivity index (χ0n) is 16.8. The van der Waals surface area contributed by atoms with Gasteiger partial charge in [0.25, 0.3) is 6.23 Å². The van der Waals surface area contributed by atoms with Crippen LogP contribution in [-0.4, -0.2) is 39.2 Å². The highest BCUT2D eigenvalue weighted by Gasteiger charge is 2.48. The van der Waals surface area contributed by atoms with E-state index in [-0.39, 0.29) is 21.9 Å². The van der Waals surface area contributed by atoms with Gasteiger partial charge >= 0.3 is 0 Å². The molecule has 0 radical (unpaired) electrons. The van der Waals surface area contributed by atoms with Gasteiger partial charge in [-0.2, -0.15) is 0 Å². The molecule has 2 N–H and O–H groups in total. The molecular formula is C21H23F2N4OS2+. The molecule has 0 amide bonds. The van der Waals surface area contributed by atoms with Gasteiger partial charge in [0.1, 0.15) is 23.9 Å². The van der Waals surface area contributed by atoms with Crippen LogP contribution in [0.25, 0.3) is 0 Å². The molecule has 1 aromatic carbocycles. The van der Waals surface area contributed by atoms with Crippen LogP contribution in [-0.2, 0) is 6.54 Å². The van der Waals surface area contributed by atoms with E-state index in [4.69, 9.17) is 12.2 Å². The first-order valence-electron chi connectivity index (χ1n) is 9.37. The molecule has 0 fully saturated rings. The van der Waals surface area contributed by atoms with Gasteiger partial charge < -0.3 is 10.4 Å². The van der Waals surface area contributed by atoms with E-state index in [9.17, 15) is 13.9 Å². The minimum absolute atomic E-state index is 0.0150. The third kappa shape index (κ3) is 4.59. The van der Waals surface area contributed by atoms with Crippen LogP contribution in [0.5, 0.6) is 0 Å². The van der Waals surface area contributed by atoms with Crippen molar-refractivity contribution >= 4 is 35.3 Å². The molecule has 0 aliphatic carbocycles. The number of pyridine rings is 1. The molecule has 158 valence electrons. The van der Waals surface area contributed by atoms with E-state index in [2.05, 4.69) is 15.3 Å². The maximum Gasteiger partial charge on any atom is 0.254 e. The van der Waals surface area contributed by atoms with Gasteiger partial charge in [-0.05, 0) is 36.0 Å². The molecule has 2 heterocycles. The van der Waals surface area contributed by atoms with Crippen molar-refractivity contribution in [2.75, 3.05) is 7.05 Å². The summed E-state index contributed by atoms with van der Waals surface area (Å²) in [6, 6.07) is 8.86. The van der Waals surface area contributed by atoms with Crippen LogP contribution < -0.4 is 5.32 Å². The molecule has 1 aromatic heterocycles. The second-order valence-electron chi connectivity index (χ2n) is 7.19. The monoisotopic (exact) mass is 449 g/mol. The first kappa shape index (κ1) is 22.5. The SMILES string of the molecule is CNC(=S)C(O)[N+]1(Cc2ccccn2)C=NC(C(C)C)=C1Sc1cc(F)cc(F)c1. The Labute approximate surface area is 184 Å². The number of aromatic nitrogens is 1. The summed E-state index contributed by atoms with van der Waals surface area (Å²) < 4.78 is 27.5. The normalized spacial score (nSPS) is 19.4. The van der Waals surface area contributed by atoms with Crippen LogP contribution in [0.1, 0.15) is 19.5 Å². The van der Waals surface area contributed by atoms with Crippen LogP contribution in [0.15, 0.2) is 63.2 Å². The van der Waals surface area contributed by atoms with Crippen LogP contribution in [0, 0.1) is 17.6 Å². The molecule has 2 atom stereocenters. The van der Waals surface area contributed by atoms with Gasteiger partial charge in [-0.15, -0.1) is 0 Å². The molecule has 0 saturated heterocycles. The summed E-state index contributed by atoms with van der Waals surface area (Å²) in [5, 5.41) is 14.7. The summed E-state index contributed by atoms with van der Waals surface area (Å²) in [5.41, 5.74) is 1.44. The fourth-order valence-corrected chi connectivity index (χ4v) is 4.72. The Balaban J connectivity index is 2.14. The third-order valence-corrected chi connectivity index (χ3v) is 6.29. The van der Waals surface area contributed by atoms with Crippen LogP contribution >= 0.6 is 24.0 Å². The molecule has 9 heteroatoms. The molecule has 2 aromatic rings. The van der Waals surface area contributed by atoms with Gasteiger partial charge in [0.05, 0.1) is 5.69 Å². The van der Waals surface area contributed by atoms with Crippen molar-refractivity contribution < 1.29 is 18.4 Å². The number of thiocarbonyl (C=S) groups is 1. The summed E-state index contributed by atoms with van der Waals surface area (Å²) in [4.78, 5) is 9.58. The number of hydrogen-bond donors (Lipinski definition) is 2. The van der Waals surface area contributed by atoms with Gasteiger partial charge in [0.15, 0.2) is 11.3 Å². The standard InChI is InChI=1S/C21H22F2N4OS2/c1-13(2)18-21(30-17-9-14(22)8-15(23)10-17)27(12-26-18,20(28)19(29)24-3)11-16-6-4-5-7-25-16/h4-10,12-13,20,28H,11H2,1-3H3/p+1. The molecule has 30 heavy (non-hydrogen) atoms. The van der Waals surface area contributed by atoms with E-state index in [0.717, 1.165) is 17.5 Å². The fraction of sp³-hybridized carbons (Fsp3) is 0.286. The summed E-state index contributed by atoms with van der Waals surface area (Å²) in [6.07, 6.45) is 2.15. The van der Waals surface area contributed by atoms with Crippen molar-refractivity contribution in [3.8, 4) is 0 Å². The molecule has 1 aliphatic heterocycles. The number of aliphatic hydroxyl groups excluding tert-OH is 1. The summed E-state index contributed by atoms with van der Waals surface area (Å²) in [7, 11) is 1.64. The number of nitrogens with zero attached hydrogens (tertiary/aromatic N) is 3. The lowest BCUT2D eigenvalue weighted by atomic mass is 10.1.